The van der Waals surface area contributed by atoms with Gasteiger partial charge in [-0.3, -0.25) is 9.59 Å². The number of aromatic hydroxyl groups is 2. The summed E-state index contributed by atoms with van der Waals surface area (Å²) < 4.78 is 5.47. The lowest BCUT2D eigenvalue weighted by Gasteiger charge is -2.35. The van der Waals surface area contributed by atoms with E-state index in [0.717, 1.165) is 11.1 Å². The first-order chi connectivity index (χ1) is 19.8. The first-order valence-corrected chi connectivity index (χ1v) is 14.1. The highest BCUT2D eigenvalue weighted by atomic mass is 16.6. The molecule has 4 rings (SSSR count). The van der Waals surface area contributed by atoms with E-state index in [-0.39, 0.29) is 24.0 Å². The summed E-state index contributed by atoms with van der Waals surface area (Å²) in [6, 6.07) is 16.0. The van der Waals surface area contributed by atoms with Gasteiger partial charge in [-0.25, -0.2) is 4.79 Å². The van der Waals surface area contributed by atoms with E-state index >= 15 is 0 Å². The van der Waals surface area contributed by atoms with E-state index in [0.29, 0.717) is 29.7 Å². The minimum atomic E-state index is -1.08. The number of alkyl carbamates (subject to hydrolysis) is 1. The summed E-state index contributed by atoms with van der Waals surface area (Å²) in [6.45, 7) is 8.99. The van der Waals surface area contributed by atoms with E-state index in [4.69, 9.17) is 4.74 Å². The molecule has 222 valence electrons. The lowest BCUT2D eigenvalue weighted by molar-refractivity contribution is -0.141. The van der Waals surface area contributed by atoms with Crippen molar-refractivity contribution in [1.82, 2.24) is 10.2 Å². The third-order valence-electron chi connectivity index (χ3n) is 7.00. The van der Waals surface area contributed by atoms with Gasteiger partial charge in [0.15, 0.2) is 0 Å². The number of amides is 3. The summed E-state index contributed by atoms with van der Waals surface area (Å²) in [7, 11) is 0. The molecule has 42 heavy (non-hydrogen) atoms. The second kappa shape index (κ2) is 12.5. The van der Waals surface area contributed by atoms with Crippen LogP contribution in [0.5, 0.6) is 11.5 Å². The van der Waals surface area contributed by atoms with Crippen molar-refractivity contribution in [3.05, 3.63) is 89.0 Å². The molecule has 0 bridgehead atoms. The molecule has 0 heterocycles. The van der Waals surface area contributed by atoms with Crippen LogP contribution in [0.15, 0.2) is 66.7 Å². The van der Waals surface area contributed by atoms with Gasteiger partial charge < -0.3 is 30.5 Å². The van der Waals surface area contributed by atoms with E-state index in [9.17, 15) is 24.6 Å². The van der Waals surface area contributed by atoms with Gasteiger partial charge in [-0.05, 0) is 94.0 Å². The Morgan fingerprint density at radius 3 is 2.12 bits per heavy atom. The molecule has 9 heteroatoms. The normalized spacial score (nSPS) is 14.4. The van der Waals surface area contributed by atoms with E-state index in [2.05, 4.69) is 10.6 Å². The fourth-order valence-electron chi connectivity index (χ4n) is 4.90. The zero-order valence-corrected chi connectivity index (χ0v) is 24.7. The van der Waals surface area contributed by atoms with Crippen LogP contribution in [0.25, 0.3) is 0 Å². The number of nitrogens with one attached hydrogen (secondary N) is 2. The molecule has 0 spiro atoms. The van der Waals surface area contributed by atoms with Gasteiger partial charge in [-0.1, -0.05) is 42.5 Å². The van der Waals surface area contributed by atoms with E-state index in [1.165, 1.54) is 29.2 Å². The topological polar surface area (TPSA) is 128 Å². The Hall–Kier alpha value is -4.53. The summed E-state index contributed by atoms with van der Waals surface area (Å²) in [5.41, 5.74) is 2.76. The molecule has 3 aromatic carbocycles. The molecule has 0 radical (unpaired) electrons. The quantitative estimate of drug-likeness (QED) is 0.267. The number of ether oxygens (including phenoxy) is 1. The maximum Gasteiger partial charge on any atom is 0.408 e. The molecule has 0 saturated heterocycles. The van der Waals surface area contributed by atoms with Crippen LogP contribution in [-0.2, 0) is 20.7 Å². The minimum absolute atomic E-state index is 0.0342. The Morgan fingerprint density at radius 1 is 0.929 bits per heavy atom. The fourth-order valence-corrected chi connectivity index (χ4v) is 4.90. The van der Waals surface area contributed by atoms with Crippen LogP contribution in [0, 0.1) is 13.8 Å². The fraction of sp³-hybridized carbons (Fsp3) is 0.364. The van der Waals surface area contributed by atoms with Gasteiger partial charge in [0.1, 0.15) is 29.2 Å². The molecule has 0 aromatic heterocycles. The summed E-state index contributed by atoms with van der Waals surface area (Å²) in [5, 5.41) is 25.8. The molecule has 0 aliphatic heterocycles. The number of carbonyl (C=O) groups is 3. The summed E-state index contributed by atoms with van der Waals surface area (Å²) >= 11 is 0. The molecule has 1 aliphatic carbocycles. The van der Waals surface area contributed by atoms with Gasteiger partial charge in [0.05, 0.1) is 0 Å². The zero-order valence-electron chi connectivity index (χ0n) is 24.7. The number of hydrogen-bond donors (Lipinski definition) is 4. The third-order valence-corrected chi connectivity index (χ3v) is 7.00. The van der Waals surface area contributed by atoms with Crippen molar-refractivity contribution in [3.8, 4) is 11.5 Å². The summed E-state index contributed by atoms with van der Waals surface area (Å²) in [5.74, 6) is -0.845. The number of phenols is 2. The van der Waals surface area contributed by atoms with Crippen molar-refractivity contribution in [3.63, 3.8) is 0 Å². The van der Waals surface area contributed by atoms with Crippen LogP contribution >= 0.6 is 0 Å². The second-order valence-corrected chi connectivity index (χ2v) is 11.8. The molecule has 1 aliphatic rings. The first-order valence-electron chi connectivity index (χ1n) is 14.1. The SMILES string of the molecule is Cc1cccc(C)c1NC(=O)C(c1cccc(O)c1)N(C(=O)C(Cc1ccc(O)cc1)NC(=O)OC(C)(C)C)C1CC1. The average molecular weight is 574 g/mol. The Bertz CT molecular complexity index is 1420. The molecule has 1 saturated carbocycles. The maximum absolute atomic E-state index is 14.5. The van der Waals surface area contributed by atoms with Crippen molar-refractivity contribution in [2.75, 3.05) is 5.32 Å². The number of para-hydroxylation sites is 1. The predicted octanol–water partition coefficient (Wildman–Crippen LogP) is 5.52. The molecule has 9 nitrogen and oxygen atoms in total. The first kappa shape index (κ1) is 30.4. The molecule has 1 fully saturated rings. The van der Waals surface area contributed by atoms with Crippen LogP contribution in [0.2, 0.25) is 0 Å². The number of carbonyl (C=O) groups excluding carboxylic acids is 3. The highest BCUT2D eigenvalue weighted by Gasteiger charge is 2.44. The Kier molecular flexibility index (Phi) is 9.09. The lowest BCUT2D eigenvalue weighted by Crippen LogP contribution is -2.54. The second-order valence-electron chi connectivity index (χ2n) is 11.8. The van der Waals surface area contributed by atoms with Gasteiger partial charge in [0, 0.05) is 18.2 Å². The van der Waals surface area contributed by atoms with Crippen molar-refractivity contribution < 1.29 is 29.3 Å². The van der Waals surface area contributed by atoms with Gasteiger partial charge in [-0.2, -0.15) is 0 Å². The van der Waals surface area contributed by atoms with Gasteiger partial charge >= 0.3 is 6.09 Å². The van der Waals surface area contributed by atoms with Crippen molar-refractivity contribution >= 4 is 23.6 Å². The zero-order chi connectivity index (χ0) is 30.6. The van der Waals surface area contributed by atoms with E-state index in [1.54, 1.807) is 45.0 Å². The largest absolute Gasteiger partial charge is 0.508 e. The molecule has 4 N–H and O–H groups in total. The van der Waals surface area contributed by atoms with Crippen LogP contribution in [0.1, 0.15) is 61.9 Å². The van der Waals surface area contributed by atoms with Gasteiger partial charge in [-0.15, -0.1) is 0 Å². The predicted molar refractivity (Wildman–Crippen MR) is 160 cm³/mol. The van der Waals surface area contributed by atoms with Crippen LogP contribution in [0.3, 0.4) is 0 Å². The third kappa shape index (κ3) is 7.81. The molecule has 2 atom stereocenters. The number of aryl methyl sites for hydroxylation is 2. The smallest absolute Gasteiger partial charge is 0.408 e. The van der Waals surface area contributed by atoms with Crippen LogP contribution in [-0.4, -0.2) is 50.7 Å². The van der Waals surface area contributed by atoms with Crippen molar-refractivity contribution in [1.29, 1.82) is 0 Å². The molecular weight excluding hydrogens is 534 g/mol. The van der Waals surface area contributed by atoms with Gasteiger partial charge in [0.2, 0.25) is 5.91 Å². The highest BCUT2D eigenvalue weighted by Crippen LogP contribution is 2.37. The number of benzene rings is 3. The maximum atomic E-state index is 14.5. The van der Waals surface area contributed by atoms with Crippen molar-refractivity contribution in [2.45, 2.75) is 77.6 Å². The Labute approximate surface area is 246 Å². The summed E-state index contributed by atoms with van der Waals surface area (Å²) in [6.07, 6.45) is 0.725. The van der Waals surface area contributed by atoms with Crippen molar-refractivity contribution in [2.24, 2.45) is 0 Å². The monoisotopic (exact) mass is 573 g/mol. The van der Waals surface area contributed by atoms with E-state index in [1.807, 2.05) is 32.0 Å². The number of nitrogens with zero attached hydrogens (tertiary/aromatic N) is 1. The van der Waals surface area contributed by atoms with Crippen LogP contribution < -0.4 is 10.6 Å². The van der Waals surface area contributed by atoms with Crippen LogP contribution in [0.4, 0.5) is 10.5 Å². The number of phenolic OH excluding ortho intramolecular Hbond substituents is 2. The molecule has 3 aromatic rings. The lowest BCUT2D eigenvalue weighted by atomic mass is 9.99. The van der Waals surface area contributed by atoms with E-state index < -0.39 is 35.6 Å². The Balaban J connectivity index is 1.74. The number of anilines is 1. The number of hydrogen-bond acceptors (Lipinski definition) is 6. The average Bonchev–Trinajstić information content (AvgIpc) is 3.74. The highest BCUT2D eigenvalue weighted by molar-refractivity contribution is 6.00. The molecular formula is C33H39N3O6. The summed E-state index contributed by atoms with van der Waals surface area (Å²) in [4.78, 5) is 43.0. The number of rotatable bonds is 9. The van der Waals surface area contributed by atoms with Gasteiger partial charge in [0.25, 0.3) is 5.91 Å². The standard InChI is InChI=1S/C33H39N3O6/c1-20-8-6-9-21(2)28(20)35-30(39)29(23-10-7-11-26(38)19-23)36(24-14-15-24)31(40)27(34-32(41)42-33(3,4)5)18-22-12-16-25(37)17-13-22/h6-13,16-17,19,24,27,29,37-38H,14-15,18H2,1-5H3,(H,34,41)(H,35,39). The molecule has 2 unspecified atom stereocenters. The Morgan fingerprint density at radius 2 is 1.55 bits per heavy atom. The minimum Gasteiger partial charge on any atom is -0.508 e. The molecule has 3 amide bonds.